The van der Waals surface area contributed by atoms with Gasteiger partial charge in [-0.05, 0) is 57.8 Å². The third-order valence-corrected chi connectivity index (χ3v) is 6.44. The number of ether oxygens (including phenoxy) is 2. The van der Waals surface area contributed by atoms with Gasteiger partial charge in [0.2, 0.25) is 5.91 Å². The zero-order valence-corrected chi connectivity index (χ0v) is 19.6. The first kappa shape index (κ1) is 23.3. The summed E-state index contributed by atoms with van der Waals surface area (Å²) in [7, 11) is 0. The highest BCUT2D eigenvalue weighted by Gasteiger charge is 2.39. The highest BCUT2D eigenvalue weighted by Crippen LogP contribution is 2.34. The van der Waals surface area contributed by atoms with Crippen LogP contribution in [0.3, 0.4) is 0 Å². The molecule has 2 aliphatic rings. The van der Waals surface area contributed by atoms with Gasteiger partial charge in [-0.15, -0.1) is 0 Å². The first-order valence-electron chi connectivity index (χ1n) is 10.6. The molecule has 7 nitrogen and oxygen atoms in total. The van der Waals surface area contributed by atoms with Crippen LogP contribution in [0, 0.1) is 5.82 Å². The minimum Gasteiger partial charge on any atom is -0.490 e. The standard InChI is InChI=1S/C24H24BrFN2O5/c1-14(29)28-12-17-11-19(23(24(30)31)21(13-28)27-17)15-2-5-18(6-3-15)32-8-9-33-22-10-16(26)4-7-20(22)25/h2-7,10,17,21,27H,8-9,11-13H2,1H3,(H,30,31). The number of amides is 1. The second-order valence-electron chi connectivity index (χ2n) is 8.04. The molecule has 9 heteroatoms. The van der Waals surface area contributed by atoms with Gasteiger partial charge in [-0.25, -0.2) is 9.18 Å². The van der Waals surface area contributed by atoms with Crippen LogP contribution in [0.4, 0.5) is 4.39 Å². The van der Waals surface area contributed by atoms with Crippen LogP contribution < -0.4 is 14.8 Å². The van der Waals surface area contributed by atoms with Crippen molar-refractivity contribution in [3.63, 3.8) is 0 Å². The van der Waals surface area contributed by atoms with E-state index in [1.54, 1.807) is 23.1 Å². The number of aliphatic carboxylic acids is 1. The van der Waals surface area contributed by atoms with Crippen LogP contribution in [0.2, 0.25) is 0 Å². The Balaban J connectivity index is 1.41. The number of carboxylic acid groups (broad SMARTS) is 1. The van der Waals surface area contributed by atoms with Crippen LogP contribution in [0.15, 0.2) is 52.5 Å². The van der Waals surface area contributed by atoms with Gasteiger partial charge in [0, 0.05) is 32.1 Å². The number of rotatable bonds is 7. The molecule has 0 aliphatic carbocycles. The Morgan fingerprint density at radius 3 is 2.58 bits per heavy atom. The fraction of sp³-hybridized carbons (Fsp3) is 0.333. The van der Waals surface area contributed by atoms with Crippen molar-refractivity contribution in [2.24, 2.45) is 0 Å². The normalized spacial score (nSPS) is 19.9. The largest absolute Gasteiger partial charge is 0.490 e. The van der Waals surface area contributed by atoms with Crippen molar-refractivity contribution in [2.75, 3.05) is 26.3 Å². The van der Waals surface area contributed by atoms with Gasteiger partial charge in [-0.3, -0.25) is 4.79 Å². The maximum Gasteiger partial charge on any atom is 0.333 e. The Labute approximate surface area is 199 Å². The predicted octanol–water partition coefficient (Wildman–Crippen LogP) is 3.48. The molecule has 2 N–H and O–H groups in total. The van der Waals surface area contributed by atoms with E-state index in [1.807, 2.05) is 12.1 Å². The average molecular weight is 519 g/mol. The minimum absolute atomic E-state index is 0.0148. The van der Waals surface area contributed by atoms with E-state index in [4.69, 9.17) is 9.47 Å². The molecule has 1 amide bonds. The first-order valence-corrected chi connectivity index (χ1v) is 11.4. The van der Waals surface area contributed by atoms with Gasteiger partial charge < -0.3 is 24.8 Å². The van der Waals surface area contributed by atoms with Gasteiger partial charge in [0.1, 0.15) is 30.5 Å². The number of hydrogen-bond acceptors (Lipinski definition) is 5. The molecule has 2 unspecified atom stereocenters. The zero-order valence-electron chi connectivity index (χ0n) is 18.0. The minimum atomic E-state index is -0.979. The second-order valence-corrected chi connectivity index (χ2v) is 8.89. The number of halogens is 2. The molecule has 2 aliphatic heterocycles. The van der Waals surface area contributed by atoms with Gasteiger partial charge in [-0.2, -0.15) is 0 Å². The molecule has 2 aromatic carbocycles. The number of nitrogens with zero attached hydrogens (tertiary/aromatic N) is 1. The number of benzene rings is 2. The molecule has 2 bridgehead atoms. The molecule has 1 fully saturated rings. The van der Waals surface area contributed by atoms with Crippen LogP contribution in [-0.4, -0.2) is 60.3 Å². The average Bonchev–Trinajstić information content (AvgIpc) is 2.78. The van der Waals surface area contributed by atoms with Crippen molar-refractivity contribution in [1.29, 1.82) is 0 Å². The van der Waals surface area contributed by atoms with E-state index in [9.17, 15) is 19.1 Å². The Bertz CT molecular complexity index is 1090. The summed E-state index contributed by atoms with van der Waals surface area (Å²) in [6, 6.07) is 11.1. The predicted molar refractivity (Wildman–Crippen MR) is 124 cm³/mol. The molecule has 0 saturated carbocycles. The molecule has 2 heterocycles. The Morgan fingerprint density at radius 1 is 1.15 bits per heavy atom. The molecule has 4 rings (SSSR count). The summed E-state index contributed by atoms with van der Waals surface area (Å²) in [5.74, 6) is -0.380. The lowest BCUT2D eigenvalue weighted by atomic mass is 9.83. The zero-order chi connectivity index (χ0) is 23.5. The summed E-state index contributed by atoms with van der Waals surface area (Å²) in [6.45, 7) is 2.91. The fourth-order valence-electron chi connectivity index (χ4n) is 4.28. The summed E-state index contributed by atoms with van der Waals surface area (Å²) in [4.78, 5) is 25.6. The van der Waals surface area contributed by atoms with Gasteiger partial charge >= 0.3 is 5.97 Å². The third kappa shape index (κ3) is 5.36. The highest BCUT2D eigenvalue weighted by molar-refractivity contribution is 9.10. The van der Waals surface area contributed by atoms with E-state index in [2.05, 4.69) is 21.2 Å². The summed E-state index contributed by atoms with van der Waals surface area (Å²) in [5, 5.41) is 13.2. The number of nitrogens with one attached hydrogen (secondary N) is 1. The van der Waals surface area contributed by atoms with E-state index in [0.717, 1.165) is 11.1 Å². The van der Waals surface area contributed by atoms with Gasteiger partial charge in [0.25, 0.3) is 0 Å². The maximum atomic E-state index is 13.3. The van der Waals surface area contributed by atoms with Crippen LogP contribution in [0.25, 0.3) is 5.57 Å². The van der Waals surface area contributed by atoms with E-state index >= 15 is 0 Å². The molecular formula is C24H24BrFN2O5. The van der Waals surface area contributed by atoms with Crippen molar-refractivity contribution in [3.05, 3.63) is 63.9 Å². The Hall–Kier alpha value is -2.91. The third-order valence-electron chi connectivity index (χ3n) is 5.79. The number of hydrogen-bond donors (Lipinski definition) is 2. The highest BCUT2D eigenvalue weighted by atomic mass is 79.9. The van der Waals surface area contributed by atoms with Crippen molar-refractivity contribution >= 4 is 33.4 Å². The lowest BCUT2D eigenvalue weighted by molar-refractivity contribution is -0.135. The number of carboxylic acids is 1. The molecule has 0 radical (unpaired) electrons. The van der Waals surface area contributed by atoms with Crippen molar-refractivity contribution in [3.8, 4) is 11.5 Å². The Kier molecular flexibility index (Phi) is 6.99. The molecule has 33 heavy (non-hydrogen) atoms. The van der Waals surface area contributed by atoms with E-state index in [0.29, 0.717) is 41.1 Å². The lowest BCUT2D eigenvalue weighted by Gasteiger charge is -2.43. The first-order chi connectivity index (χ1) is 15.8. The summed E-state index contributed by atoms with van der Waals surface area (Å²) in [5.41, 5.74) is 1.91. The van der Waals surface area contributed by atoms with E-state index in [-0.39, 0.29) is 31.0 Å². The van der Waals surface area contributed by atoms with Crippen molar-refractivity contribution in [1.82, 2.24) is 10.2 Å². The van der Waals surface area contributed by atoms with Crippen molar-refractivity contribution < 1.29 is 28.6 Å². The van der Waals surface area contributed by atoms with Crippen LogP contribution in [-0.2, 0) is 9.59 Å². The number of piperazine rings is 1. The summed E-state index contributed by atoms with van der Waals surface area (Å²) in [6.07, 6.45) is 0.526. The topological polar surface area (TPSA) is 88.1 Å². The molecule has 2 aromatic rings. The van der Waals surface area contributed by atoms with Gasteiger partial charge in [0.15, 0.2) is 0 Å². The maximum absolute atomic E-state index is 13.3. The van der Waals surface area contributed by atoms with Gasteiger partial charge in [0.05, 0.1) is 16.1 Å². The monoisotopic (exact) mass is 518 g/mol. The molecule has 0 spiro atoms. The molecule has 0 aromatic heterocycles. The number of fused-ring (bicyclic) bond motifs is 2. The van der Waals surface area contributed by atoms with E-state index in [1.165, 1.54) is 19.1 Å². The van der Waals surface area contributed by atoms with Crippen LogP contribution in [0.1, 0.15) is 18.9 Å². The molecular weight excluding hydrogens is 495 g/mol. The quantitative estimate of drug-likeness (QED) is 0.545. The van der Waals surface area contributed by atoms with Crippen LogP contribution in [0.5, 0.6) is 11.5 Å². The second kappa shape index (κ2) is 9.93. The van der Waals surface area contributed by atoms with Crippen LogP contribution >= 0.6 is 15.9 Å². The van der Waals surface area contributed by atoms with E-state index < -0.39 is 12.0 Å². The molecule has 2 atom stereocenters. The number of carbonyl (C=O) groups is 2. The lowest BCUT2D eigenvalue weighted by Crippen LogP contribution is -2.61. The van der Waals surface area contributed by atoms with Gasteiger partial charge in [-0.1, -0.05) is 12.1 Å². The fourth-order valence-corrected chi connectivity index (χ4v) is 4.64. The summed E-state index contributed by atoms with van der Waals surface area (Å²) >= 11 is 3.31. The Morgan fingerprint density at radius 2 is 1.88 bits per heavy atom. The number of carbonyl (C=O) groups excluding carboxylic acids is 1. The SMILES string of the molecule is CC(=O)N1CC2CC(c3ccc(OCCOc4cc(F)ccc4Br)cc3)=C(C(=O)O)C(C1)N2. The van der Waals surface area contributed by atoms with Crippen molar-refractivity contribution in [2.45, 2.75) is 25.4 Å². The molecule has 174 valence electrons. The molecule has 1 saturated heterocycles. The smallest absolute Gasteiger partial charge is 0.333 e. The summed E-state index contributed by atoms with van der Waals surface area (Å²) < 4.78 is 25.2.